The van der Waals surface area contributed by atoms with Crippen LogP contribution >= 0.6 is 11.6 Å². The highest BCUT2D eigenvalue weighted by atomic mass is 35.5. The van der Waals surface area contributed by atoms with Gasteiger partial charge in [0.05, 0.1) is 0 Å². The molecular formula is C18H29ClN2O2. The third-order valence-electron chi connectivity index (χ3n) is 3.31. The first-order chi connectivity index (χ1) is 10.4. The number of ether oxygens (including phenoxy) is 1. The zero-order valence-corrected chi connectivity index (χ0v) is 16.0. The Morgan fingerprint density at radius 2 is 1.65 bits per heavy atom. The summed E-state index contributed by atoms with van der Waals surface area (Å²) in [6, 6.07) is 3.48. The molecule has 1 aromatic rings. The Kier molecular flexibility index (Phi) is 6.34. The SMILES string of the molecule is Cc1cc(OCNC(=O)NC(C)(C)CC(C)(C)C)cc(C)c1Cl. The summed E-state index contributed by atoms with van der Waals surface area (Å²) in [5, 5.41) is 6.44. The smallest absolute Gasteiger partial charge is 0.317 e. The van der Waals surface area contributed by atoms with Crippen LogP contribution < -0.4 is 15.4 Å². The lowest BCUT2D eigenvalue weighted by Crippen LogP contribution is -2.50. The molecule has 1 rings (SSSR count). The zero-order chi connectivity index (χ0) is 17.8. The van der Waals surface area contributed by atoms with Gasteiger partial charge < -0.3 is 15.4 Å². The van der Waals surface area contributed by atoms with Crippen LogP contribution in [-0.2, 0) is 0 Å². The van der Waals surface area contributed by atoms with Gasteiger partial charge in [0, 0.05) is 10.6 Å². The maximum absolute atomic E-state index is 12.0. The third-order valence-corrected chi connectivity index (χ3v) is 3.90. The quantitative estimate of drug-likeness (QED) is 0.756. The Labute approximate surface area is 144 Å². The summed E-state index contributed by atoms with van der Waals surface area (Å²) in [5.74, 6) is 0.693. The Morgan fingerprint density at radius 3 is 2.13 bits per heavy atom. The van der Waals surface area contributed by atoms with Crippen LogP contribution in [0.5, 0.6) is 5.75 Å². The first-order valence-electron chi connectivity index (χ1n) is 7.85. The molecule has 0 saturated heterocycles. The average molecular weight is 341 g/mol. The number of nitrogens with one attached hydrogen (secondary N) is 2. The molecule has 0 unspecified atom stereocenters. The van der Waals surface area contributed by atoms with Crippen molar-refractivity contribution >= 4 is 17.6 Å². The summed E-state index contributed by atoms with van der Waals surface area (Å²) in [4.78, 5) is 12.0. The second-order valence-electron chi connectivity index (χ2n) is 7.91. The van der Waals surface area contributed by atoms with Gasteiger partial charge in [0.15, 0.2) is 6.73 Å². The fraction of sp³-hybridized carbons (Fsp3) is 0.611. The molecule has 4 nitrogen and oxygen atoms in total. The Hall–Kier alpha value is -1.42. The summed E-state index contributed by atoms with van der Waals surface area (Å²) in [5.41, 5.74) is 1.77. The monoisotopic (exact) mass is 340 g/mol. The van der Waals surface area contributed by atoms with Crippen LogP contribution in [0.3, 0.4) is 0 Å². The Morgan fingerprint density at radius 1 is 1.13 bits per heavy atom. The number of aryl methyl sites for hydroxylation is 2. The van der Waals surface area contributed by atoms with E-state index in [0.29, 0.717) is 5.75 Å². The lowest BCUT2D eigenvalue weighted by Gasteiger charge is -2.33. The van der Waals surface area contributed by atoms with Gasteiger partial charge in [-0.15, -0.1) is 0 Å². The van der Waals surface area contributed by atoms with E-state index in [-0.39, 0.29) is 23.7 Å². The predicted octanol–water partition coefficient (Wildman–Crippen LogP) is 4.81. The van der Waals surface area contributed by atoms with Crippen molar-refractivity contribution in [1.82, 2.24) is 10.6 Å². The Bertz CT molecular complexity index is 540. The predicted molar refractivity (Wildman–Crippen MR) is 96.2 cm³/mol. The van der Waals surface area contributed by atoms with Gasteiger partial charge in [0.2, 0.25) is 0 Å². The van der Waals surface area contributed by atoms with E-state index >= 15 is 0 Å². The number of carbonyl (C=O) groups excluding carboxylic acids is 1. The highest BCUT2D eigenvalue weighted by molar-refractivity contribution is 6.32. The molecule has 0 atom stereocenters. The summed E-state index contributed by atoms with van der Waals surface area (Å²) in [7, 11) is 0. The van der Waals surface area contributed by atoms with Crippen LogP contribution in [0.15, 0.2) is 12.1 Å². The van der Waals surface area contributed by atoms with Crippen molar-refractivity contribution in [2.75, 3.05) is 6.73 Å². The Balaban J connectivity index is 2.48. The average Bonchev–Trinajstić information content (AvgIpc) is 2.31. The van der Waals surface area contributed by atoms with E-state index in [4.69, 9.17) is 16.3 Å². The van der Waals surface area contributed by atoms with Crippen LogP contribution in [0.25, 0.3) is 0 Å². The number of carbonyl (C=O) groups is 1. The van der Waals surface area contributed by atoms with Crippen molar-refractivity contribution in [3.63, 3.8) is 0 Å². The van der Waals surface area contributed by atoms with Crippen LogP contribution in [0.2, 0.25) is 5.02 Å². The van der Waals surface area contributed by atoms with Gasteiger partial charge in [-0.2, -0.15) is 0 Å². The van der Waals surface area contributed by atoms with E-state index in [1.54, 1.807) is 0 Å². The number of rotatable bonds is 5. The van der Waals surface area contributed by atoms with Crippen LogP contribution in [0.4, 0.5) is 4.79 Å². The fourth-order valence-corrected chi connectivity index (χ4v) is 3.01. The van der Waals surface area contributed by atoms with E-state index in [0.717, 1.165) is 22.6 Å². The molecule has 130 valence electrons. The number of benzene rings is 1. The second-order valence-corrected chi connectivity index (χ2v) is 8.29. The maximum Gasteiger partial charge on any atom is 0.317 e. The number of hydrogen-bond acceptors (Lipinski definition) is 2. The molecule has 0 aliphatic rings. The molecule has 23 heavy (non-hydrogen) atoms. The van der Waals surface area contributed by atoms with E-state index in [9.17, 15) is 4.79 Å². The van der Waals surface area contributed by atoms with Crippen molar-refractivity contribution < 1.29 is 9.53 Å². The second kappa shape index (κ2) is 7.43. The van der Waals surface area contributed by atoms with Crippen LogP contribution in [0, 0.1) is 19.3 Å². The summed E-state index contributed by atoms with van der Waals surface area (Å²) >= 11 is 6.12. The molecule has 1 aromatic carbocycles. The molecule has 0 aliphatic heterocycles. The zero-order valence-electron chi connectivity index (χ0n) is 15.3. The molecule has 0 aliphatic carbocycles. The minimum atomic E-state index is -0.282. The van der Waals surface area contributed by atoms with Gasteiger partial charge in [-0.25, -0.2) is 4.79 Å². The van der Waals surface area contributed by atoms with Gasteiger partial charge in [0.25, 0.3) is 0 Å². The van der Waals surface area contributed by atoms with E-state index < -0.39 is 0 Å². The standard InChI is InChI=1S/C18H29ClN2O2/c1-12-8-14(9-13(2)15(12)19)23-11-20-16(22)21-18(6,7)10-17(3,4)5/h8-9H,10-11H2,1-7H3,(H2,20,21,22). The topological polar surface area (TPSA) is 50.4 Å². The largest absolute Gasteiger partial charge is 0.473 e. The van der Waals surface area contributed by atoms with Crippen molar-refractivity contribution in [1.29, 1.82) is 0 Å². The van der Waals surface area contributed by atoms with E-state index in [1.807, 2.05) is 39.8 Å². The van der Waals surface area contributed by atoms with Gasteiger partial charge in [-0.3, -0.25) is 0 Å². The van der Waals surface area contributed by atoms with E-state index in [1.165, 1.54) is 0 Å². The van der Waals surface area contributed by atoms with Crippen molar-refractivity contribution in [2.24, 2.45) is 5.41 Å². The lowest BCUT2D eigenvalue weighted by molar-refractivity contribution is 0.199. The molecular weight excluding hydrogens is 312 g/mol. The molecule has 0 heterocycles. The van der Waals surface area contributed by atoms with Gasteiger partial charge in [-0.1, -0.05) is 32.4 Å². The van der Waals surface area contributed by atoms with Gasteiger partial charge in [-0.05, 0) is 62.8 Å². The fourth-order valence-electron chi connectivity index (χ4n) is 2.90. The number of urea groups is 1. The van der Waals surface area contributed by atoms with Gasteiger partial charge >= 0.3 is 6.03 Å². The van der Waals surface area contributed by atoms with Gasteiger partial charge in [0.1, 0.15) is 5.75 Å². The minimum Gasteiger partial charge on any atom is -0.473 e. The summed E-state index contributed by atoms with van der Waals surface area (Å²) in [6.07, 6.45) is 0.879. The highest BCUT2D eigenvalue weighted by Gasteiger charge is 2.26. The van der Waals surface area contributed by atoms with Crippen molar-refractivity contribution in [3.8, 4) is 5.75 Å². The molecule has 5 heteroatoms. The summed E-state index contributed by atoms with van der Waals surface area (Å²) in [6.45, 7) is 14.5. The van der Waals surface area contributed by atoms with Crippen molar-refractivity contribution in [2.45, 2.75) is 60.4 Å². The normalized spacial score (nSPS) is 12.0. The molecule has 0 aromatic heterocycles. The molecule has 0 saturated carbocycles. The minimum absolute atomic E-state index is 0.109. The van der Waals surface area contributed by atoms with E-state index in [2.05, 4.69) is 31.4 Å². The first-order valence-corrected chi connectivity index (χ1v) is 8.23. The summed E-state index contributed by atoms with van der Waals surface area (Å²) < 4.78 is 5.58. The first kappa shape index (κ1) is 19.6. The third kappa shape index (κ3) is 7.12. The maximum atomic E-state index is 12.0. The molecule has 2 N–H and O–H groups in total. The highest BCUT2D eigenvalue weighted by Crippen LogP contribution is 2.27. The van der Waals surface area contributed by atoms with Crippen LogP contribution in [0.1, 0.15) is 52.2 Å². The molecule has 0 bridgehead atoms. The molecule has 2 amide bonds. The number of halogens is 1. The molecule has 0 spiro atoms. The number of hydrogen-bond donors (Lipinski definition) is 2. The van der Waals surface area contributed by atoms with Crippen LogP contribution in [-0.4, -0.2) is 18.3 Å². The number of amides is 2. The lowest BCUT2D eigenvalue weighted by atomic mass is 9.82. The molecule has 0 radical (unpaired) electrons. The van der Waals surface area contributed by atoms with Crippen molar-refractivity contribution in [3.05, 3.63) is 28.3 Å². The molecule has 0 fully saturated rings.